The third kappa shape index (κ3) is 2.35. The smallest absolute Gasteiger partial charge is 0.315 e. The maximum Gasteiger partial charge on any atom is 0.315 e. The highest BCUT2D eigenvalue weighted by Gasteiger charge is 2.30. The topological polar surface area (TPSA) is 63.0 Å². The van der Waals surface area contributed by atoms with Crippen LogP contribution in [0.1, 0.15) is 51.5 Å². The van der Waals surface area contributed by atoms with E-state index in [-0.39, 0.29) is 11.6 Å². The molecule has 1 fully saturated rings. The van der Waals surface area contributed by atoms with Gasteiger partial charge >= 0.3 is 6.01 Å². The molecule has 0 saturated heterocycles. The Bertz CT molecular complexity index is 344. The first-order valence-electron chi connectivity index (χ1n) is 5.92. The highest BCUT2D eigenvalue weighted by Crippen LogP contribution is 2.32. The van der Waals surface area contributed by atoms with Crippen molar-refractivity contribution in [1.82, 2.24) is 15.5 Å². The van der Waals surface area contributed by atoms with Crippen molar-refractivity contribution < 1.29 is 4.42 Å². The molecule has 2 N–H and O–H groups in total. The normalized spacial score (nSPS) is 20.9. The zero-order valence-corrected chi connectivity index (χ0v) is 10.2. The quantitative estimate of drug-likeness (QED) is 0.820. The fraction of sp³-hybridized carbons (Fsp3) is 0.818. The van der Waals surface area contributed by atoms with Crippen LogP contribution >= 0.6 is 0 Å². The van der Waals surface area contributed by atoms with E-state index in [0.29, 0.717) is 11.9 Å². The molecule has 0 aromatic carbocycles. The van der Waals surface area contributed by atoms with Gasteiger partial charge in [0.1, 0.15) is 0 Å². The molecule has 0 aliphatic heterocycles. The summed E-state index contributed by atoms with van der Waals surface area (Å²) < 4.78 is 5.57. The van der Waals surface area contributed by atoms with Crippen molar-refractivity contribution in [2.75, 3.05) is 12.4 Å². The van der Waals surface area contributed by atoms with Crippen molar-refractivity contribution in [3.8, 4) is 0 Å². The lowest BCUT2D eigenvalue weighted by molar-refractivity contribution is 0.425. The van der Waals surface area contributed by atoms with Crippen molar-refractivity contribution in [3.63, 3.8) is 0 Å². The predicted octanol–water partition coefficient (Wildman–Crippen LogP) is 2.09. The molecule has 5 heteroatoms. The largest absolute Gasteiger partial charge is 0.406 e. The zero-order valence-electron chi connectivity index (χ0n) is 10.2. The van der Waals surface area contributed by atoms with Crippen LogP contribution in [0.5, 0.6) is 0 Å². The van der Waals surface area contributed by atoms with Gasteiger partial charge in [0.05, 0.1) is 6.04 Å². The Balaban J connectivity index is 2.02. The standard InChI is InChI=1S/C11H20N4O/c1-8(12-3)9-14-15-10(16-9)13-11(2)6-4-5-7-11/h8,12H,4-7H2,1-3H3,(H,13,15). The fourth-order valence-electron chi connectivity index (χ4n) is 2.12. The van der Waals surface area contributed by atoms with E-state index in [0.717, 1.165) is 0 Å². The molecule has 90 valence electrons. The maximum atomic E-state index is 5.57. The molecule has 0 spiro atoms. The molecule has 5 nitrogen and oxygen atoms in total. The second-order valence-corrected chi connectivity index (χ2v) is 4.85. The highest BCUT2D eigenvalue weighted by molar-refractivity contribution is 5.24. The monoisotopic (exact) mass is 224 g/mol. The van der Waals surface area contributed by atoms with Crippen molar-refractivity contribution in [3.05, 3.63) is 5.89 Å². The van der Waals surface area contributed by atoms with E-state index in [1.54, 1.807) is 0 Å². The van der Waals surface area contributed by atoms with E-state index < -0.39 is 0 Å². The molecule has 1 aliphatic carbocycles. The molecular weight excluding hydrogens is 204 g/mol. The van der Waals surface area contributed by atoms with E-state index in [4.69, 9.17) is 4.42 Å². The van der Waals surface area contributed by atoms with Crippen molar-refractivity contribution in [2.45, 2.75) is 51.1 Å². The average Bonchev–Trinajstić information content (AvgIpc) is 2.87. The highest BCUT2D eigenvalue weighted by atomic mass is 16.4. The Labute approximate surface area is 96.0 Å². The molecule has 1 aliphatic rings. The van der Waals surface area contributed by atoms with Gasteiger partial charge in [-0.15, -0.1) is 5.10 Å². The van der Waals surface area contributed by atoms with Crippen molar-refractivity contribution in [1.29, 1.82) is 0 Å². The maximum absolute atomic E-state index is 5.57. The first-order chi connectivity index (χ1) is 7.63. The van der Waals surface area contributed by atoms with Crippen LogP contribution in [0.15, 0.2) is 4.42 Å². The van der Waals surface area contributed by atoms with Crippen LogP contribution in [0.3, 0.4) is 0 Å². The minimum atomic E-state index is 0.0967. The number of rotatable bonds is 4. The molecule has 1 atom stereocenters. The van der Waals surface area contributed by atoms with E-state index >= 15 is 0 Å². The van der Waals surface area contributed by atoms with Gasteiger partial charge in [-0.05, 0) is 33.7 Å². The average molecular weight is 224 g/mol. The minimum Gasteiger partial charge on any atom is -0.406 e. The van der Waals surface area contributed by atoms with Gasteiger partial charge in [0.2, 0.25) is 5.89 Å². The summed E-state index contributed by atoms with van der Waals surface area (Å²) in [6.45, 7) is 4.21. The molecular formula is C11H20N4O. The summed E-state index contributed by atoms with van der Waals surface area (Å²) in [5.74, 6) is 0.631. The number of aromatic nitrogens is 2. The van der Waals surface area contributed by atoms with Crippen LogP contribution in [0.4, 0.5) is 6.01 Å². The number of hydrogen-bond donors (Lipinski definition) is 2. The molecule has 1 heterocycles. The first kappa shape index (κ1) is 11.4. The molecule has 1 saturated carbocycles. The summed E-state index contributed by atoms with van der Waals surface area (Å²) >= 11 is 0. The summed E-state index contributed by atoms with van der Waals surface area (Å²) in [5, 5.41) is 14.5. The Morgan fingerprint density at radius 2 is 2.00 bits per heavy atom. The Morgan fingerprint density at radius 3 is 2.62 bits per heavy atom. The van der Waals surface area contributed by atoms with Crippen LogP contribution in [-0.2, 0) is 0 Å². The SMILES string of the molecule is CNC(C)c1nnc(NC2(C)CCCC2)o1. The van der Waals surface area contributed by atoms with Crippen LogP contribution < -0.4 is 10.6 Å². The predicted molar refractivity (Wildman–Crippen MR) is 62.3 cm³/mol. The Morgan fingerprint density at radius 1 is 1.31 bits per heavy atom. The Kier molecular flexibility index (Phi) is 3.14. The van der Waals surface area contributed by atoms with E-state index in [1.807, 2.05) is 14.0 Å². The van der Waals surface area contributed by atoms with Gasteiger partial charge in [-0.25, -0.2) is 0 Å². The first-order valence-corrected chi connectivity index (χ1v) is 5.92. The Hall–Kier alpha value is -1.10. The molecule has 16 heavy (non-hydrogen) atoms. The lowest BCUT2D eigenvalue weighted by atomic mass is 10.0. The number of nitrogens with one attached hydrogen (secondary N) is 2. The molecule has 0 amide bonds. The van der Waals surface area contributed by atoms with Gasteiger partial charge in [-0.2, -0.15) is 0 Å². The van der Waals surface area contributed by atoms with Gasteiger partial charge in [0, 0.05) is 5.54 Å². The summed E-state index contributed by atoms with van der Waals surface area (Å²) in [7, 11) is 1.88. The zero-order chi connectivity index (χ0) is 11.6. The molecule has 1 aromatic rings. The summed E-state index contributed by atoms with van der Waals surface area (Å²) in [6, 6.07) is 0.640. The van der Waals surface area contributed by atoms with E-state index in [9.17, 15) is 0 Å². The number of nitrogens with zero attached hydrogens (tertiary/aromatic N) is 2. The number of hydrogen-bond acceptors (Lipinski definition) is 5. The summed E-state index contributed by atoms with van der Waals surface area (Å²) in [5.41, 5.74) is 0.132. The van der Waals surface area contributed by atoms with Gasteiger partial charge in [0.15, 0.2) is 0 Å². The van der Waals surface area contributed by atoms with Gasteiger partial charge < -0.3 is 15.1 Å². The lowest BCUT2D eigenvalue weighted by Gasteiger charge is -2.23. The van der Waals surface area contributed by atoms with E-state index in [2.05, 4.69) is 27.8 Å². The molecule has 1 aromatic heterocycles. The molecule has 0 radical (unpaired) electrons. The van der Waals surface area contributed by atoms with Gasteiger partial charge in [-0.1, -0.05) is 17.9 Å². The van der Waals surface area contributed by atoms with Crippen LogP contribution in [0, 0.1) is 0 Å². The molecule has 1 unspecified atom stereocenters. The number of anilines is 1. The summed E-state index contributed by atoms with van der Waals surface area (Å²) in [4.78, 5) is 0. The molecule has 2 rings (SSSR count). The van der Waals surface area contributed by atoms with Crippen molar-refractivity contribution in [2.24, 2.45) is 0 Å². The summed E-state index contributed by atoms with van der Waals surface area (Å²) in [6.07, 6.45) is 4.90. The third-order valence-corrected chi connectivity index (χ3v) is 3.36. The van der Waals surface area contributed by atoms with Crippen LogP contribution in [0.25, 0.3) is 0 Å². The second kappa shape index (κ2) is 4.41. The molecule has 0 bridgehead atoms. The minimum absolute atomic E-state index is 0.0967. The fourth-order valence-corrected chi connectivity index (χ4v) is 2.12. The van der Waals surface area contributed by atoms with Crippen LogP contribution in [0.2, 0.25) is 0 Å². The van der Waals surface area contributed by atoms with Gasteiger partial charge in [0.25, 0.3) is 0 Å². The second-order valence-electron chi connectivity index (χ2n) is 4.85. The van der Waals surface area contributed by atoms with Crippen molar-refractivity contribution >= 4 is 6.01 Å². The van der Waals surface area contributed by atoms with Gasteiger partial charge in [-0.3, -0.25) is 0 Å². The van der Waals surface area contributed by atoms with Crippen LogP contribution in [-0.4, -0.2) is 22.8 Å². The van der Waals surface area contributed by atoms with E-state index in [1.165, 1.54) is 25.7 Å². The lowest BCUT2D eigenvalue weighted by Crippen LogP contribution is -2.30. The third-order valence-electron chi connectivity index (χ3n) is 3.36.